The summed E-state index contributed by atoms with van der Waals surface area (Å²) < 4.78 is 0.524. The highest BCUT2D eigenvalue weighted by Gasteiger charge is 2.46. The second-order valence-corrected chi connectivity index (χ2v) is 11.4. The lowest BCUT2D eigenvalue weighted by Crippen LogP contribution is -2.37. The molecule has 2 saturated carbocycles. The van der Waals surface area contributed by atoms with Crippen molar-refractivity contribution in [2.45, 2.75) is 99.9 Å². The highest BCUT2D eigenvalue weighted by Crippen LogP contribution is 2.51. The van der Waals surface area contributed by atoms with Gasteiger partial charge in [0, 0.05) is 29.0 Å². The quantitative estimate of drug-likeness (QED) is 0.529. The second kappa shape index (κ2) is 9.90. The number of carbonyl (C=O) groups excluding carboxylic acids is 1. The maximum Gasteiger partial charge on any atom is 0.226 e. The van der Waals surface area contributed by atoms with Crippen molar-refractivity contribution >= 4 is 17.7 Å². The zero-order valence-corrected chi connectivity index (χ0v) is 19.1. The summed E-state index contributed by atoms with van der Waals surface area (Å²) in [7, 11) is 0. The fourth-order valence-corrected chi connectivity index (χ4v) is 7.64. The smallest absolute Gasteiger partial charge is 0.226 e. The van der Waals surface area contributed by atoms with Crippen molar-refractivity contribution in [1.29, 1.82) is 0 Å². The molecule has 4 rings (SSSR count). The van der Waals surface area contributed by atoms with E-state index in [4.69, 9.17) is 0 Å². The Labute approximate surface area is 182 Å². The molecule has 1 saturated heterocycles. The predicted molar refractivity (Wildman–Crippen MR) is 124 cm³/mol. The Morgan fingerprint density at radius 3 is 2.31 bits per heavy atom. The van der Waals surface area contributed by atoms with Crippen molar-refractivity contribution in [2.24, 2.45) is 5.92 Å². The highest BCUT2D eigenvalue weighted by atomic mass is 32.2. The molecule has 3 atom stereocenters. The van der Waals surface area contributed by atoms with Gasteiger partial charge in [0.1, 0.15) is 0 Å². The molecule has 0 radical (unpaired) electrons. The first-order chi connectivity index (χ1) is 14.2. The number of benzene rings is 1. The molecule has 0 N–H and O–H groups in total. The molecule has 1 aromatic carbocycles. The maximum atomic E-state index is 13.2. The van der Waals surface area contributed by atoms with E-state index in [0.29, 0.717) is 21.8 Å². The van der Waals surface area contributed by atoms with E-state index in [9.17, 15) is 4.79 Å². The first-order valence-corrected chi connectivity index (χ1v) is 13.1. The molecule has 1 unspecified atom stereocenters. The Balaban J connectivity index is 1.31. The van der Waals surface area contributed by atoms with Crippen molar-refractivity contribution < 1.29 is 4.79 Å². The number of thioether (sulfide) groups is 1. The van der Waals surface area contributed by atoms with Crippen molar-refractivity contribution in [3.63, 3.8) is 0 Å². The molecular formula is C26H39NOS. The molecule has 1 spiro atoms. The van der Waals surface area contributed by atoms with Gasteiger partial charge in [-0.25, -0.2) is 0 Å². The van der Waals surface area contributed by atoms with Crippen LogP contribution in [0.15, 0.2) is 30.3 Å². The molecule has 0 bridgehead atoms. The van der Waals surface area contributed by atoms with Crippen LogP contribution in [0.5, 0.6) is 0 Å². The summed E-state index contributed by atoms with van der Waals surface area (Å²) in [6.07, 6.45) is 16.5. The van der Waals surface area contributed by atoms with Gasteiger partial charge in [-0.1, -0.05) is 75.3 Å². The van der Waals surface area contributed by atoms with Crippen LogP contribution in [0.4, 0.5) is 0 Å². The van der Waals surface area contributed by atoms with E-state index < -0.39 is 0 Å². The van der Waals surface area contributed by atoms with Crippen LogP contribution >= 0.6 is 11.8 Å². The van der Waals surface area contributed by atoms with Crippen molar-refractivity contribution in [3.05, 3.63) is 35.9 Å². The predicted octanol–water partition coefficient (Wildman–Crippen LogP) is 6.80. The van der Waals surface area contributed by atoms with E-state index in [2.05, 4.69) is 53.9 Å². The number of amides is 1. The molecule has 2 aliphatic carbocycles. The largest absolute Gasteiger partial charge is 0.342 e. The van der Waals surface area contributed by atoms with Crippen LogP contribution in [-0.2, 0) is 4.79 Å². The number of nitrogens with zero attached hydrogens (tertiary/aromatic N) is 1. The minimum atomic E-state index is 0.228. The minimum absolute atomic E-state index is 0.228. The lowest BCUT2D eigenvalue weighted by molar-refractivity contribution is -0.132. The average molecular weight is 414 g/mol. The fraction of sp³-hybridized carbons (Fsp3) is 0.731. The van der Waals surface area contributed by atoms with Gasteiger partial charge in [0.05, 0.1) is 0 Å². The van der Waals surface area contributed by atoms with Gasteiger partial charge in [0.15, 0.2) is 0 Å². The highest BCUT2D eigenvalue weighted by molar-refractivity contribution is 8.01. The molecule has 3 aliphatic rings. The number of hydrogen-bond acceptors (Lipinski definition) is 2. The van der Waals surface area contributed by atoms with E-state index in [1.54, 1.807) is 0 Å². The minimum Gasteiger partial charge on any atom is -0.342 e. The zero-order chi connectivity index (χ0) is 20.1. The summed E-state index contributed by atoms with van der Waals surface area (Å²) in [5.41, 5.74) is 1.35. The normalized spacial score (nSPS) is 29.5. The first-order valence-electron chi connectivity index (χ1n) is 12.2. The maximum absolute atomic E-state index is 13.2. The van der Waals surface area contributed by atoms with E-state index in [-0.39, 0.29) is 5.92 Å². The van der Waals surface area contributed by atoms with Crippen molar-refractivity contribution in [2.75, 3.05) is 13.1 Å². The van der Waals surface area contributed by atoms with Crippen molar-refractivity contribution in [3.8, 4) is 0 Å². The summed E-state index contributed by atoms with van der Waals surface area (Å²) >= 11 is 2.27. The molecule has 1 amide bonds. The third-order valence-corrected chi connectivity index (χ3v) is 9.39. The van der Waals surface area contributed by atoms with Crippen LogP contribution in [0.3, 0.4) is 0 Å². The number of carbonyl (C=O) groups is 1. The molecule has 3 fully saturated rings. The summed E-state index contributed by atoms with van der Waals surface area (Å²) in [5, 5.41) is 0.649. The first kappa shape index (κ1) is 21.3. The van der Waals surface area contributed by atoms with E-state index >= 15 is 0 Å². The van der Waals surface area contributed by atoms with Gasteiger partial charge in [-0.3, -0.25) is 4.79 Å². The second-order valence-electron chi connectivity index (χ2n) is 9.67. The van der Waals surface area contributed by atoms with Gasteiger partial charge >= 0.3 is 0 Å². The van der Waals surface area contributed by atoms with Crippen LogP contribution in [0, 0.1) is 5.92 Å². The molecule has 1 aliphatic heterocycles. The SMILES string of the molecule is CCN(CC1CCC2(CCCCCCCCC2)S1)C(=O)[C@H]1C[C@@H]1c1ccccc1. The van der Waals surface area contributed by atoms with Crippen LogP contribution in [0.2, 0.25) is 0 Å². The summed E-state index contributed by atoms with van der Waals surface area (Å²) in [5.74, 6) is 1.10. The summed E-state index contributed by atoms with van der Waals surface area (Å²) in [6, 6.07) is 10.6. The standard InChI is InChI=1S/C26H39NOS/c1-2-27(25(28)24-19-23(24)21-13-9-8-10-14-21)20-22-15-18-26(29-22)16-11-6-4-3-5-7-12-17-26/h8-10,13-14,22-24H,2-7,11-12,15-20H2,1H3/t22?,23-,24+/m1/s1. The monoisotopic (exact) mass is 413 g/mol. The molecule has 1 heterocycles. The van der Waals surface area contributed by atoms with Gasteiger partial charge in [-0.05, 0) is 50.5 Å². The molecule has 3 heteroatoms. The van der Waals surface area contributed by atoms with E-state index in [1.807, 2.05) is 0 Å². The molecule has 2 nitrogen and oxygen atoms in total. The van der Waals surface area contributed by atoms with Gasteiger partial charge < -0.3 is 4.90 Å². The molecule has 160 valence electrons. The summed E-state index contributed by atoms with van der Waals surface area (Å²) in [4.78, 5) is 15.4. The lowest BCUT2D eigenvalue weighted by atomic mass is 9.88. The van der Waals surface area contributed by atoms with Gasteiger partial charge in [0.2, 0.25) is 5.91 Å². The Bertz CT molecular complexity index is 650. The Morgan fingerprint density at radius 2 is 1.66 bits per heavy atom. The number of hydrogen-bond donors (Lipinski definition) is 0. The third kappa shape index (κ3) is 5.40. The fourth-order valence-electron chi connectivity index (χ4n) is 5.69. The van der Waals surface area contributed by atoms with Crippen LogP contribution in [0.25, 0.3) is 0 Å². The van der Waals surface area contributed by atoms with E-state index in [0.717, 1.165) is 19.5 Å². The molecule has 29 heavy (non-hydrogen) atoms. The van der Waals surface area contributed by atoms with Crippen molar-refractivity contribution in [1.82, 2.24) is 4.90 Å². The summed E-state index contributed by atoms with van der Waals surface area (Å²) in [6.45, 7) is 4.00. The third-order valence-electron chi connectivity index (χ3n) is 7.56. The van der Waals surface area contributed by atoms with E-state index in [1.165, 1.54) is 76.2 Å². The Morgan fingerprint density at radius 1 is 1.00 bits per heavy atom. The Kier molecular flexibility index (Phi) is 7.26. The van der Waals surface area contributed by atoms with Crippen LogP contribution < -0.4 is 0 Å². The topological polar surface area (TPSA) is 20.3 Å². The van der Waals surface area contributed by atoms with Crippen LogP contribution in [0.1, 0.15) is 95.5 Å². The van der Waals surface area contributed by atoms with Gasteiger partial charge in [0.25, 0.3) is 0 Å². The lowest BCUT2D eigenvalue weighted by Gasteiger charge is -2.31. The van der Waals surface area contributed by atoms with Gasteiger partial charge in [-0.15, -0.1) is 11.8 Å². The molecule has 1 aromatic rings. The zero-order valence-electron chi connectivity index (χ0n) is 18.3. The average Bonchev–Trinajstić information content (AvgIpc) is 3.47. The van der Waals surface area contributed by atoms with Crippen LogP contribution in [-0.4, -0.2) is 33.9 Å². The number of rotatable bonds is 5. The molecule has 0 aromatic heterocycles. The Hall–Kier alpha value is -0.960. The van der Waals surface area contributed by atoms with Gasteiger partial charge in [-0.2, -0.15) is 0 Å². The molecular weight excluding hydrogens is 374 g/mol.